The molecule has 2 atom stereocenters. The standard InChI is InChI=1S/C18H36N2/c1-4-16-12-17(19-11-10-15(2)3)14-20(13-16)18-8-6-5-7-9-18/h15-19H,4-14H2,1-3H3. The fraction of sp³-hybridized carbons (Fsp3) is 1.00. The van der Waals surface area contributed by atoms with E-state index in [2.05, 4.69) is 31.0 Å². The van der Waals surface area contributed by atoms with Crippen LogP contribution >= 0.6 is 0 Å². The highest BCUT2D eigenvalue weighted by molar-refractivity contribution is 4.87. The molecule has 1 N–H and O–H groups in total. The third kappa shape index (κ3) is 5.04. The first-order chi connectivity index (χ1) is 9.69. The van der Waals surface area contributed by atoms with Crippen LogP contribution in [-0.2, 0) is 0 Å². The molecule has 1 aliphatic heterocycles. The van der Waals surface area contributed by atoms with Crippen molar-refractivity contribution in [3.8, 4) is 0 Å². The van der Waals surface area contributed by atoms with Crippen LogP contribution in [0.5, 0.6) is 0 Å². The van der Waals surface area contributed by atoms with Crippen molar-refractivity contribution in [3.05, 3.63) is 0 Å². The first kappa shape index (κ1) is 16.3. The third-order valence-electron chi connectivity index (χ3n) is 5.39. The summed E-state index contributed by atoms with van der Waals surface area (Å²) in [5.41, 5.74) is 0. The smallest absolute Gasteiger partial charge is 0.0198 e. The second-order valence-electron chi connectivity index (χ2n) is 7.59. The topological polar surface area (TPSA) is 15.3 Å². The average molecular weight is 280 g/mol. The van der Waals surface area contributed by atoms with Crippen molar-refractivity contribution in [2.45, 2.75) is 84.2 Å². The lowest BCUT2D eigenvalue weighted by Gasteiger charge is -2.43. The third-order valence-corrected chi connectivity index (χ3v) is 5.39. The lowest BCUT2D eigenvalue weighted by molar-refractivity contribution is 0.0760. The Morgan fingerprint density at radius 1 is 1.10 bits per heavy atom. The molecule has 2 rings (SSSR count). The van der Waals surface area contributed by atoms with Gasteiger partial charge in [0.05, 0.1) is 0 Å². The number of piperidine rings is 1. The van der Waals surface area contributed by atoms with Crippen LogP contribution in [0, 0.1) is 11.8 Å². The Morgan fingerprint density at radius 2 is 1.85 bits per heavy atom. The molecule has 0 aromatic carbocycles. The summed E-state index contributed by atoms with van der Waals surface area (Å²) in [7, 11) is 0. The molecule has 0 aromatic rings. The summed E-state index contributed by atoms with van der Waals surface area (Å²) in [6.07, 6.45) is 11.4. The summed E-state index contributed by atoms with van der Waals surface area (Å²) >= 11 is 0. The van der Waals surface area contributed by atoms with E-state index in [4.69, 9.17) is 0 Å². The predicted octanol–water partition coefficient (Wildman–Crippen LogP) is 4.06. The minimum absolute atomic E-state index is 0.745. The summed E-state index contributed by atoms with van der Waals surface area (Å²) < 4.78 is 0. The molecule has 0 spiro atoms. The van der Waals surface area contributed by atoms with Crippen LogP contribution in [0.3, 0.4) is 0 Å². The monoisotopic (exact) mass is 280 g/mol. The van der Waals surface area contributed by atoms with Gasteiger partial charge in [-0.15, -0.1) is 0 Å². The Balaban J connectivity index is 1.82. The zero-order chi connectivity index (χ0) is 14.4. The Kier molecular flexibility index (Phi) is 6.83. The van der Waals surface area contributed by atoms with Gasteiger partial charge in [-0.2, -0.15) is 0 Å². The lowest BCUT2D eigenvalue weighted by Crippen LogP contribution is -2.53. The van der Waals surface area contributed by atoms with Crippen LogP contribution in [0.1, 0.15) is 72.1 Å². The van der Waals surface area contributed by atoms with Crippen LogP contribution < -0.4 is 5.32 Å². The Bertz CT molecular complexity index is 258. The second kappa shape index (κ2) is 8.38. The fourth-order valence-corrected chi connectivity index (χ4v) is 4.00. The van der Waals surface area contributed by atoms with Crippen LogP contribution in [0.2, 0.25) is 0 Å². The molecule has 2 nitrogen and oxygen atoms in total. The van der Waals surface area contributed by atoms with Crippen molar-refractivity contribution in [1.82, 2.24) is 10.2 Å². The van der Waals surface area contributed by atoms with Gasteiger partial charge in [0.25, 0.3) is 0 Å². The maximum Gasteiger partial charge on any atom is 0.0198 e. The van der Waals surface area contributed by atoms with Gasteiger partial charge >= 0.3 is 0 Å². The number of hydrogen-bond acceptors (Lipinski definition) is 2. The normalized spacial score (nSPS) is 30.0. The summed E-state index contributed by atoms with van der Waals surface area (Å²) in [6, 6.07) is 1.64. The Labute approximate surface area is 126 Å². The number of hydrogen-bond donors (Lipinski definition) is 1. The maximum atomic E-state index is 3.84. The highest BCUT2D eigenvalue weighted by Gasteiger charge is 2.30. The molecule has 1 aliphatic carbocycles. The van der Waals surface area contributed by atoms with Gasteiger partial charge in [0.1, 0.15) is 0 Å². The van der Waals surface area contributed by atoms with E-state index in [1.807, 2.05) is 0 Å². The van der Waals surface area contributed by atoms with Crippen LogP contribution in [0.25, 0.3) is 0 Å². The quantitative estimate of drug-likeness (QED) is 0.789. The summed E-state index contributed by atoms with van der Waals surface area (Å²) in [4.78, 5) is 2.84. The van der Waals surface area contributed by atoms with Crippen LogP contribution in [0.4, 0.5) is 0 Å². The van der Waals surface area contributed by atoms with Crippen molar-refractivity contribution < 1.29 is 0 Å². The molecule has 1 saturated heterocycles. The van der Waals surface area contributed by atoms with Crippen molar-refractivity contribution in [2.75, 3.05) is 19.6 Å². The van der Waals surface area contributed by atoms with Gasteiger partial charge in [-0.3, -0.25) is 4.90 Å². The van der Waals surface area contributed by atoms with Gasteiger partial charge in [0.15, 0.2) is 0 Å². The maximum absolute atomic E-state index is 3.84. The molecule has 0 radical (unpaired) electrons. The second-order valence-corrected chi connectivity index (χ2v) is 7.59. The highest BCUT2D eigenvalue weighted by Crippen LogP contribution is 2.28. The van der Waals surface area contributed by atoms with E-state index < -0.39 is 0 Å². The number of nitrogens with one attached hydrogen (secondary N) is 1. The zero-order valence-corrected chi connectivity index (χ0v) is 14.0. The minimum Gasteiger partial charge on any atom is -0.313 e. The first-order valence-corrected chi connectivity index (χ1v) is 9.16. The summed E-state index contributed by atoms with van der Waals surface area (Å²) in [5, 5.41) is 3.84. The molecule has 2 unspecified atom stereocenters. The summed E-state index contributed by atoms with van der Waals surface area (Å²) in [6.45, 7) is 10.9. The van der Waals surface area contributed by atoms with E-state index in [-0.39, 0.29) is 0 Å². The predicted molar refractivity (Wildman–Crippen MR) is 88.1 cm³/mol. The van der Waals surface area contributed by atoms with E-state index >= 15 is 0 Å². The van der Waals surface area contributed by atoms with E-state index in [0.717, 1.165) is 23.9 Å². The van der Waals surface area contributed by atoms with Crippen molar-refractivity contribution in [2.24, 2.45) is 11.8 Å². The van der Waals surface area contributed by atoms with E-state index in [1.165, 1.54) is 71.0 Å². The fourth-order valence-electron chi connectivity index (χ4n) is 4.00. The SMILES string of the molecule is CCC1CC(NCCC(C)C)CN(C2CCCCC2)C1. The highest BCUT2D eigenvalue weighted by atomic mass is 15.2. The van der Waals surface area contributed by atoms with E-state index in [0.29, 0.717) is 0 Å². The van der Waals surface area contributed by atoms with Gasteiger partial charge in [-0.25, -0.2) is 0 Å². The molecular formula is C18H36N2. The molecule has 2 fully saturated rings. The summed E-state index contributed by atoms with van der Waals surface area (Å²) in [5.74, 6) is 1.74. The number of likely N-dealkylation sites (tertiary alicyclic amines) is 1. The largest absolute Gasteiger partial charge is 0.313 e. The van der Waals surface area contributed by atoms with Gasteiger partial charge < -0.3 is 5.32 Å². The van der Waals surface area contributed by atoms with Crippen LogP contribution in [0.15, 0.2) is 0 Å². The van der Waals surface area contributed by atoms with Crippen LogP contribution in [-0.4, -0.2) is 36.6 Å². The first-order valence-electron chi connectivity index (χ1n) is 9.16. The molecule has 0 bridgehead atoms. The van der Waals surface area contributed by atoms with Gasteiger partial charge in [-0.1, -0.05) is 46.5 Å². The molecule has 0 amide bonds. The number of nitrogens with zero attached hydrogens (tertiary/aromatic N) is 1. The zero-order valence-electron chi connectivity index (χ0n) is 14.0. The molecular weight excluding hydrogens is 244 g/mol. The van der Waals surface area contributed by atoms with E-state index in [1.54, 1.807) is 0 Å². The molecule has 118 valence electrons. The van der Waals surface area contributed by atoms with Crippen molar-refractivity contribution in [3.63, 3.8) is 0 Å². The molecule has 2 aliphatic rings. The molecule has 0 aromatic heterocycles. The van der Waals surface area contributed by atoms with E-state index in [9.17, 15) is 0 Å². The average Bonchev–Trinajstić information content (AvgIpc) is 2.47. The van der Waals surface area contributed by atoms with Crippen molar-refractivity contribution in [1.29, 1.82) is 0 Å². The lowest BCUT2D eigenvalue weighted by atomic mass is 9.87. The molecule has 1 saturated carbocycles. The number of rotatable bonds is 6. The van der Waals surface area contributed by atoms with Gasteiger partial charge in [-0.05, 0) is 44.1 Å². The molecule has 2 heteroatoms. The Hall–Kier alpha value is -0.0800. The minimum atomic E-state index is 0.745. The van der Waals surface area contributed by atoms with Gasteiger partial charge in [0.2, 0.25) is 0 Å². The van der Waals surface area contributed by atoms with Crippen molar-refractivity contribution >= 4 is 0 Å². The Morgan fingerprint density at radius 3 is 2.50 bits per heavy atom. The van der Waals surface area contributed by atoms with Gasteiger partial charge in [0, 0.05) is 25.2 Å². The molecule has 1 heterocycles. The molecule has 20 heavy (non-hydrogen) atoms.